The maximum Gasteiger partial charge on any atom is 0.253 e. The van der Waals surface area contributed by atoms with E-state index in [-0.39, 0.29) is 24.5 Å². The molecular weight excluding hydrogens is 404 g/mol. The lowest BCUT2D eigenvalue weighted by molar-refractivity contribution is 0.0620. The number of hydrogen-bond acceptors (Lipinski definition) is 5. The number of carbonyl (C=O) groups is 1. The van der Waals surface area contributed by atoms with Crippen molar-refractivity contribution in [2.24, 2.45) is 5.92 Å². The van der Waals surface area contributed by atoms with E-state index in [2.05, 4.69) is 0 Å². The standard InChI is InChI=1S/C19H27ClN2O5S/c1-28(25,26)22-9-6-16(7-10-22)27-18-5-4-15(11-17(18)20)19(24)21-8-2-3-14(12-21)13-23/h4-5,11,14,16,23H,2-3,6-10,12-13H2,1H3. The summed E-state index contributed by atoms with van der Waals surface area (Å²) < 4.78 is 30.6. The van der Waals surface area contributed by atoms with Crippen LogP contribution in [0.5, 0.6) is 5.75 Å². The van der Waals surface area contributed by atoms with E-state index in [9.17, 15) is 18.3 Å². The average molecular weight is 431 g/mol. The van der Waals surface area contributed by atoms with Gasteiger partial charge in [-0.05, 0) is 49.8 Å². The number of aliphatic hydroxyl groups is 1. The molecular formula is C19H27ClN2O5S. The van der Waals surface area contributed by atoms with E-state index < -0.39 is 10.0 Å². The van der Waals surface area contributed by atoms with E-state index >= 15 is 0 Å². The summed E-state index contributed by atoms with van der Waals surface area (Å²) in [5, 5.41) is 9.71. The molecule has 0 radical (unpaired) electrons. The normalized spacial score (nSPS) is 22.2. The Morgan fingerprint density at radius 2 is 1.96 bits per heavy atom. The van der Waals surface area contributed by atoms with Crippen molar-refractivity contribution in [2.45, 2.75) is 31.8 Å². The predicted octanol–water partition coefficient (Wildman–Crippen LogP) is 1.99. The number of piperidine rings is 2. The van der Waals surface area contributed by atoms with Crippen molar-refractivity contribution in [1.29, 1.82) is 0 Å². The Labute approximate surface area is 171 Å². The van der Waals surface area contributed by atoms with Crippen LogP contribution in [0.2, 0.25) is 5.02 Å². The molecule has 0 spiro atoms. The second-order valence-corrected chi connectivity index (χ2v) is 9.96. The SMILES string of the molecule is CS(=O)(=O)N1CCC(Oc2ccc(C(=O)N3CCCC(CO)C3)cc2Cl)CC1. The number of aliphatic hydroxyl groups excluding tert-OH is 1. The molecule has 1 atom stereocenters. The molecule has 2 heterocycles. The molecule has 9 heteroatoms. The summed E-state index contributed by atoms with van der Waals surface area (Å²) in [6.07, 6.45) is 4.13. The molecule has 0 aromatic heterocycles. The summed E-state index contributed by atoms with van der Waals surface area (Å²) in [5.41, 5.74) is 0.503. The van der Waals surface area contributed by atoms with Gasteiger partial charge in [-0.25, -0.2) is 12.7 Å². The number of rotatable bonds is 5. The highest BCUT2D eigenvalue weighted by atomic mass is 35.5. The highest BCUT2D eigenvalue weighted by Crippen LogP contribution is 2.29. The molecule has 156 valence electrons. The first kappa shape index (κ1) is 21.4. The number of ether oxygens (including phenoxy) is 1. The van der Waals surface area contributed by atoms with Gasteiger partial charge in [0.25, 0.3) is 5.91 Å². The lowest BCUT2D eigenvalue weighted by Crippen LogP contribution is -2.41. The van der Waals surface area contributed by atoms with Gasteiger partial charge in [-0.15, -0.1) is 0 Å². The third kappa shape index (κ3) is 5.17. The van der Waals surface area contributed by atoms with Crippen LogP contribution in [0.25, 0.3) is 0 Å². The van der Waals surface area contributed by atoms with E-state index in [0.717, 1.165) is 12.8 Å². The number of amides is 1. The zero-order valence-corrected chi connectivity index (χ0v) is 17.6. The van der Waals surface area contributed by atoms with Gasteiger partial charge in [0, 0.05) is 38.3 Å². The first-order valence-electron chi connectivity index (χ1n) is 9.59. The fourth-order valence-corrected chi connectivity index (χ4v) is 4.87. The molecule has 0 aliphatic carbocycles. The van der Waals surface area contributed by atoms with Crippen LogP contribution in [0.4, 0.5) is 0 Å². The van der Waals surface area contributed by atoms with Crippen molar-refractivity contribution in [3.63, 3.8) is 0 Å². The monoisotopic (exact) mass is 430 g/mol. The maximum absolute atomic E-state index is 12.7. The van der Waals surface area contributed by atoms with Crippen LogP contribution in [0.1, 0.15) is 36.0 Å². The Morgan fingerprint density at radius 1 is 1.25 bits per heavy atom. The number of hydrogen-bond donors (Lipinski definition) is 1. The number of halogens is 1. The van der Waals surface area contributed by atoms with Crippen LogP contribution in [0, 0.1) is 5.92 Å². The van der Waals surface area contributed by atoms with Crippen LogP contribution in [-0.4, -0.2) is 73.8 Å². The Kier molecular flexibility index (Phi) is 6.85. The zero-order valence-electron chi connectivity index (χ0n) is 16.0. The van der Waals surface area contributed by atoms with Gasteiger partial charge in [0.2, 0.25) is 10.0 Å². The van der Waals surface area contributed by atoms with Crippen LogP contribution < -0.4 is 4.74 Å². The lowest BCUT2D eigenvalue weighted by atomic mass is 9.98. The van der Waals surface area contributed by atoms with Gasteiger partial charge in [0.15, 0.2) is 0 Å². The predicted molar refractivity (Wildman–Crippen MR) is 107 cm³/mol. The van der Waals surface area contributed by atoms with E-state index in [4.69, 9.17) is 16.3 Å². The lowest BCUT2D eigenvalue weighted by Gasteiger charge is -2.32. The summed E-state index contributed by atoms with van der Waals surface area (Å²) in [4.78, 5) is 14.5. The van der Waals surface area contributed by atoms with Crippen LogP contribution in [-0.2, 0) is 10.0 Å². The van der Waals surface area contributed by atoms with E-state index in [1.807, 2.05) is 0 Å². The molecule has 0 saturated carbocycles. The average Bonchev–Trinajstić information content (AvgIpc) is 2.68. The maximum atomic E-state index is 12.7. The summed E-state index contributed by atoms with van der Waals surface area (Å²) >= 11 is 6.35. The van der Waals surface area contributed by atoms with Crippen molar-refractivity contribution in [3.8, 4) is 5.75 Å². The van der Waals surface area contributed by atoms with Crippen molar-refractivity contribution in [2.75, 3.05) is 39.0 Å². The first-order valence-corrected chi connectivity index (χ1v) is 11.8. The quantitative estimate of drug-likeness (QED) is 0.771. The van der Waals surface area contributed by atoms with Crippen molar-refractivity contribution >= 4 is 27.5 Å². The highest BCUT2D eigenvalue weighted by molar-refractivity contribution is 7.88. The molecule has 1 aromatic rings. The highest BCUT2D eigenvalue weighted by Gasteiger charge is 2.27. The zero-order chi connectivity index (χ0) is 20.3. The molecule has 28 heavy (non-hydrogen) atoms. The Morgan fingerprint density at radius 3 is 2.57 bits per heavy atom. The molecule has 0 bridgehead atoms. The molecule has 2 aliphatic rings. The number of benzene rings is 1. The number of carbonyl (C=O) groups excluding carboxylic acids is 1. The Bertz CT molecular complexity index is 809. The van der Waals surface area contributed by atoms with E-state index in [1.54, 1.807) is 23.1 Å². The van der Waals surface area contributed by atoms with Crippen LogP contribution in [0.3, 0.4) is 0 Å². The first-order chi connectivity index (χ1) is 13.3. The fourth-order valence-electron chi connectivity index (χ4n) is 3.77. The minimum Gasteiger partial charge on any atom is -0.489 e. The summed E-state index contributed by atoms with van der Waals surface area (Å²) in [6, 6.07) is 5.02. The number of nitrogens with zero attached hydrogens (tertiary/aromatic N) is 2. The molecule has 3 rings (SSSR count). The minimum atomic E-state index is -3.17. The van der Waals surface area contributed by atoms with Gasteiger partial charge in [-0.2, -0.15) is 0 Å². The van der Waals surface area contributed by atoms with Crippen LogP contribution in [0.15, 0.2) is 18.2 Å². The molecule has 1 amide bonds. The summed E-state index contributed by atoms with van der Waals surface area (Å²) in [5.74, 6) is 0.546. The topological polar surface area (TPSA) is 87.2 Å². The number of sulfonamides is 1. The third-order valence-corrected chi connectivity index (χ3v) is 7.01. The minimum absolute atomic E-state index is 0.0898. The molecule has 2 fully saturated rings. The van der Waals surface area contributed by atoms with Gasteiger partial charge in [-0.3, -0.25) is 4.79 Å². The van der Waals surface area contributed by atoms with E-state index in [0.29, 0.717) is 55.4 Å². The molecule has 1 N–H and O–H groups in total. The van der Waals surface area contributed by atoms with Gasteiger partial charge in [0.1, 0.15) is 11.9 Å². The summed E-state index contributed by atoms with van der Waals surface area (Å²) in [6.45, 7) is 2.20. The van der Waals surface area contributed by atoms with Crippen molar-refractivity contribution in [1.82, 2.24) is 9.21 Å². The second-order valence-electron chi connectivity index (χ2n) is 7.57. The summed E-state index contributed by atoms with van der Waals surface area (Å²) in [7, 11) is -3.17. The largest absolute Gasteiger partial charge is 0.489 e. The Balaban J connectivity index is 1.61. The van der Waals surface area contributed by atoms with Gasteiger partial charge in [-0.1, -0.05) is 11.6 Å². The second kappa shape index (κ2) is 8.98. The van der Waals surface area contributed by atoms with Gasteiger partial charge < -0.3 is 14.7 Å². The Hall–Kier alpha value is -1.35. The molecule has 2 saturated heterocycles. The third-order valence-electron chi connectivity index (χ3n) is 5.41. The smallest absolute Gasteiger partial charge is 0.253 e. The molecule has 2 aliphatic heterocycles. The van der Waals surface area contributed by atoms with E-state index in [1.165, 1.54) is 10.6 Å². The van der Waals surface area contributed by atoms with Gasteiger partial charge >= 0.3 is 0 Å². The fraction of sp³-hybridized carbons (Fsp3) is 0.632. The van der Waals surface area contributed by atoms with Crippen LogP contribution >= 0.6 is 11.6 Å². The molecule has 7 nitrogen and oxygen atoms in total. The molecule has 1 unspecified atom stereocenters. The molecule has 1 aromatic carbocycles. The van der Waals surface area contributed by atoms with Crippen molar-refractivity contribution < 1.29 is 23.1 Å². The number of likely N-dealkylation sites (tertiary alicyclic amines) is 1. The van der Waals surface area contributed by atoms with Crippen molar-refractivity contribution in [3.05, 3.63) is 28.8 Å². The van der Waals surface area contributed by atoms with Gasteiger partial charge in [0.05, 0.1) is 11.3 Å².